The van der Waals surface area contributed by atoms with Crippen molar-refractivity contribution in [1.29, 1.82) is 0 Å². The maximum atomic E-state index is 12.0. The van der Waals surface area contributed by atoms with Gasteiger partial charge in [0.05, 0.1) is 6.04 Å². The average molecular weight is 202 g/mol. The molecule has 1 aliphatic rings. The van der Waals surface area contributed by atoms with Crippen LogP contribution < -0.4 is 0 Å². The van der Waals surface area contributed by atoms with E-state index in [1.807, 2.05) is 13.8 Å². The van der Waals surface area contributed by atoms with Crippen LogP contribution in [0.1, 0.15) is 31.7 Å². The summed E-state index contributed by atoms with van der Waals surface area (Å²) in [4.78, 5) is 24.4. The minimum atomic E-state index is -2.40. The summed E-state index contributed by atoms with van der Waals surface area (Å²) in [5.41, 5.74) is 0. The predicted octanol–water partition coefficient (Wildman–Crippen LogP) is 1.65. The van der Waals surface area contributed by atoms with E-state index in [1.54, 1.807) is 0 Å². The molecule has 0 unspecified atom stereocenters. The van der Waals surface area contributed by atoms with Crippen molar-refractivity contribution in [1.82, 2.24) is 4.90 Å². The molecule has 0 spiro atoms. The molecule has 0 aromatic heterocycles. The number of rotatable bonds is 2. The Kier molecular flexibility index (Phi) is 2.07. The third-order valence-electron chi connectivity index (χ3n) is 2.28. The van der Waals surface area contributed by atoms with Crippen molar-refractivity contribution in [3.8, 4) is 0 Å². The summed E-state index contributed by atoms with van der Waals surface area (Å²) >= 11 is 0. The zero-order valence-electron chi connectivity index (χ0n) is 11.6. The molecule has 1 fully saturated rings. The van der Waals surface area contributed by atoms with Gasteiger partial charge < -0.3 is 4.74 Å². The molecule has 4 nitrogen and oxygen atoms in total. The molecule has 0 aliphatic carbocycles. The van der Waals surface area contributed by atoms with E-state index >= 15 is 0 Å². The third-order valence-corrected chi connectivity index (χ3v) is 2.28. The number of cyclic esters (lactones) is 1. The first-order chi connectivity index (χ1) is 7.66. The second-order valence-electron chi connectivity index (χ2n) is 3.82. The normalized spacial score (nSPS) is 28.0. The molecule has 1 heterocycles. The Morgan fingerprint density at radius 1 is 1.64 bits per heavy atom. The standard InChI is InChI=1S/C10H17NO3/c1-6(2)8-5-14-10(13)11(8)9(12)7(3)4/h6-8H,5H2,1-4H3/t8-/m0/s1/i3D3/t7-,8-. The van der Waals surface area contributed by atoms with Crippen LogP contribution in [0.15, 0.2) is 0 Å². The van der Waals surface area contributed by atoms with Crippen LogP contribution in [-0.2, 0) is 9.53 Å². The molecule has 0 aromatic carbocycles. The van der Waals surface area contributed by atoms with Gasteiger partial charge in [0.25, 0.3) is 0 Å². The summed E-state index contributed by atoms with van der Waals surface area (Å²) < 4.78 is 26.4. The van der Waals surface area contributed by atoms with Gasteiger partial charge in [-0.2, -0.15) is 0 Å². The van der Waals surface area contributed by atoms with E-state index < -0.39 is 24.8 Å². The highest BCUT2D eigenvalue weighted by atomic mass is 16.6. The van der Waals surface area contributed by atoms with Gasteiger partial charge in [-0.15, -0.1) is 0 Å². The van der Waals surface area contributed by atoms with E-state index in [1.165, 1.54) is 6.92 Å². The number of carbonyl (C=O) groups excluding carboxylic acids is 2. The van der Waals surface area contributed by atoms with Crippen molar-refractivity contribution < 1.29 is 18.4 Å². The van der Waals surface area contributed by atoms with Gasteiger partial charge in [-0.25, -0.2) is 9.69 Å². The zero-order chi connectivity index (χ0) is 13.4. The van der Waals surface area contributed by atoms with Crippen molar-refractivity contribution in [3.05, 3.63) is 0 Å². The van der Waals surface area contributed by atoms with E-state index in [0.29, 0.717) is 0 Å². The SMILES string of the molecule is [2H]C([2H])([2H])[C@@H](C)C(=O)N1C(=O)OC[C@H]1C(C)C. The Hall–Kier alpha value is -1.06. The maximum absolute atomic E-state index is 12.0. The second kappa shape index (κ2) is 3.98. The number of nitrogens with zero attached hydrogens (tertiary/aromatic N) is 1. The summed E-state index contributed by atoms with van der Waals surface area (Å²) in [6.07, 6.45) is -0.746. The zero-order valence-corrected chi connectivity index (χ0v) is 8.61. The maximum Gasteiger partial charge on any atom is 0.416 e. The molecule has 1 aliphatic heterocycles. The van der Waals surface area contributed by atoms with Gasteiger partial charge in [-0.1, -0.05) is 27.6 Å². The topological polar surface area (TPSA) is 46.6 Å². The Bertz CT molecular complexity index is 327. The van der Waals surface area contributed by atoms with Crippen molar-refractivity contribution in [3.63, 3.8) is 0 Å². The molecule has 1 rings (SSSR count). The number of carbonyl (C=O) groups is 2. The first kappa shape index (κ1) is 7.26. The minimum Gasteiger partial charge on any atom is -0.447 e. The first-order valence-corrected chi connectivity index (χ1v) is 4.66. The van der Waals surface area contributed by atoms with Gasteiger partial charge in [0.2, 0.25) is 5.91 Å². The molecule has 0 bridgehead atoms. The van der Waals surface area contributed by atoms with Crippen LogP contribution in [0.4, 0.5) is 4.79 Å². The quantitative estimate of drug-likeness (QED) is 0.684. The molecule has 4 heteroatoms. The van der Waals surface area contributed by atoms with Crippen LogP contribution >= 0.6 is 0 Å². The van der Waals surface area contributed by atoms with Gasteiger partial charge >= 0.3 is 6.09 Å². The van der Waals surface area contributed by atoms with Crippen LogP contribution in [0.5, 0.6) is 0 Å². The van der Waals surface area contributed by atoms with E-state index in [9.17, 15) is 9.59 Å². The third kappa shape index (κ3) is 1.89. The van der Waals surface area contributed by atoms with E-state index in [2.05, 4.69) is 0 Å². The van der Waals surface area contributed by atoms with Crippen molar-refractivity contribution in [2.24, 2.45) is 11.8 Å². The summed E-state index contributed by atoms with van der Waals surface area (Å²) in [7, 11) is 0. The number of imide groups is 1. The van der Waals surface area contributed by atoms with Crippen LogP contribution in [0.3, 0.4) is 0 Å². The highest BCUT2D eigenvalue weighted by Crippen LogP contribution is 2.21. The van der Waals surface area contributed by atoms with Crippen molar-refractivity contribution in [2.45, 2.75) is 33.7 Å². The summed E-state index contributed by atoms with van der Waals surface area (Å²) in [5, 5.41) is 0. The molecule has 0 aromatic rings. The van der Waals surface area contributed by atoms with E-state index in [4.69, 9.17) is 8.85 Å². The van der Waals surface area contributed by atoms with Gasteiger partial charge in [-0.3, -0.25) is 4.79 Å². The molecule has 80 valence electrons. The Morgan fingerprint density at radius 3 is 2.79 bits per heavy atom. The van der Waals surface area contributed by atoms with Gasteiger partial charge in [0.1, 0.15) is 6.61 Å². The lowest BCUT2D eigenvalue weighted by molar-refractivity contribution is -0.132. The Balaban J connectivity index is 2.90. The lowest BCUT2D eigenvalue weighted by Crippen LogP contribution is -2.43. The van der Waals surface area contributed by atoms with Crippen molar-refractivity contribution >= 4 is 12.0 Å². The monoisotopic (exact) mass is 202 g/mol. The molecule has 14 heavy (non-hydrogen) atoms. The smallest absolute Gasteiger partial charge is 0.416 e. The number of hydrogen-bond donors (Lipinski definition) is 0. The lowest BCUT2D eigenvalue weighted by atomic mass is 10.0. The molecule has 2 atom stereocenters. The predicted molar refractivity (Wildman–Crippen MR) is 51.7 cm³/mol. The van der Waals surface area contributed by atoms with Crippen LogP contribution in [0.2, 0.25) is 0 Å². The Labute approximate surface area is 88.4 Å². The largest absolute Gasteiger partial charge is 0.447 e. The fourth-order valence-electron chi connectivity index (χ4n) is 1.39. The number of hydrogen-bond acceptors (Lipinski definition) is 3. The molecular weight excluding hydrogens is 182 g/mol. The van der Waals surface area contributed by atoms with Crippen LogP contribution in [-0.4, -0.2) is 29.5 Å². The Morgan fingerprint density at radius 2 is 2.29 bits per heavy atom. The van der Waals surface area contributed by atoms with E-state index in [-0.39, 0.29) is 18.6 Å². The van der Waals surface area contributed by atoms with Gasteiger partial charge in [0.15, 0.2) is 0 Å². The first-order valence-electron chi connectivity index (χ1n) is 6.16. The molecule has 1 saturated heterocycles. The van der Waals surface area contributed by atoms with Gasteiger partial charge in [-0.05, 0) is 5.92 Å². The summed E-state index contributed by atoms with van der Waals surface area (Å²) in [5.74, 6) is -1.85. The summed E-state index contributed by atoms with van der Waals surface area (Å²) in [6.45, 7) is 2.75. The van der Waals surface area contributed by atoms with Crippen LogP contribution in [0.25, 0.3) is 0 Å². The lowest BCUT2D eigenvalue weighted by Gasteiger charge is -2.23. The highest BCUT2D eigenvalue weighted by molar-refractivity contribution is 5.94. The molecule has 0 saturated carbocycles. The molecule has 0 N–H and O–H groups in total. The second-order valence-corrected chi connectivity index (χ2v) is 3.82. The fraction of sp³-hybridized carbons (Fsp3) is 0.800. The van der Waals surface area contributed by atoms with Gasteiger partial charge in [0, 0.05) is 10.0 Å². The minimum absolute atomic E-state index is 0.0363. The molecular formula is C10H17NO3. The van der Waals surface area contributed by atoms with Crippen molar-refractivity contribution in [2.75, 3.05) is 6.61 Å². The number of amides is 2. The average Bonchev–Trinajstić information content (AvgIpc) is 2.56. The fourth-order valence-corrected chi connectivity index (χ4v) is 1.39. The molecule has 0 radical (unpaired) electrons. The highest BCUT2D eigenvalue weighted by Gasteiger charge is 2.40. The molecule has 2 amide bonds. The van der Waals surface area contributed by atoms with E-state index in [0.717, 1.165) is 4.90 Å². The number of ether oxygens (including phenoxy) is 1. The van der Waals surface area contributed by atoms with Crippen LogP contribution in [0, 0.1) is 11.8 Å². The summed E-state index contributed by atoms with van der Waals surface area (Å²) in [6, 6.07) is -0.375.